The molecule has 1 aromatic heterocycles. The van der Waals surface area contributed by atoms with Crippen LogP contribution in [0.4, 0.5) is 0 Å². The quantitative estimate of drug-likeness (QED) is 0.746. The Morgan fingerprint density at radius 1 is 1.43 bits per heavy atom. The Labute approximate surface area is 84.1 Å². The molecule has 14 heavy (non-hydrogen) atoms. The maximum Gasteiger partial charge on any atom is 0.0458 e. The summed E-state index contributed by atoms with van der Waals surface area (Å²) in [6.45, 7) is 4.12. The number of H-pyrrole nitrogens is 1. The molecule has 0 spiro atoms. The summed E-state index contributed by atoms with van der Waals surface area (Å²) in [4.78, 5) is 3.33. The summed E-state index contributed by atoms with van der Waals surface area (Å²) in [6, 6.07) is 8.74. The summed E-state index contributed by atoms with van der Waals surface area (Å²) in [5, 5.41) is 1.31. The zero-order chi connectivity index (χ0) is 10.1. The standard InChI is InChI=1S/C12H16N2/c1-8(13)6-10-4-3-5-12-11(10)7-9(2)14-12/h3-5,7-8,14H,6,13H2,1-2H3. The molecule has 2 rings (SSSR count). The van der Waals surface area contributed by atoms with Crippen LogP contribution in [0.25, 0.3) is 10.9 Å². The molecule has 1 unspecified atom stereocenters. The number of fused-ring (bicyclic) bond motifs is 1. The van der Waals surface area contributed by atoms with Crippen LogP contribution in [0.1, 0.15) is 18.2 Å². The van der Waals surface area contributed by atoms with Gasteiger partial charge in [-0.05, 0) is 38.0 Å². The fourth-order valence-electron chi connectivity index (χ4n) is 1.88. The first-order valence-corrected chi connectivity index (χ1v) is 4.99. The van der Waals surface area contributed by atoms with Crippen molar-refractivity contribution in [3.05, 3.63) is 35.5 Å². The fourth-order valence-corrected chi connectivity index (χ4v) is 1.88. The van der Waals surface area contributed by atoms with E-state index in [-0.39, 0.29) is 6.04 Å². The minimum absolute atomic E-state index is 0.218. The highest BCUT2D eigenvalue weighted by molar-refractivity contribution is 5.83. The second kappa shape index (κ2) is 3.46. The molecule has 3 N–H and O–H groups in total. The lowest BCUT2D eigenvalue weighted by atomic mass is 10.0. The van der Waals surface area contributed by atoms with Crippen LogP contribution in [0.3, 0.4) is 0 Å². The number of rotatable bonds is 2. The average Bonchev–Trinajstić information content (AvgIpc) is 2.45. The lowest BCUT2D eigenvalue weighted by Crippen LogP contribution is -2.17. The van der Waals surface area contributed by atoms with Gasteiger partial charge in [-0.1, -0.05) is 12.1 Å². The molecule has 0 aliphatic heterocycles. The Morgan fingerprint density at radius 2 is 2.21 bits per heavy atom. The average molecular weight is 188 g/mol. The van der Waals surface area contributed by atoms with Crippen molar-refractivity contribution in [1.29, 1.82) is 0 Å². The Bertz CT molecular complexity index is 441. The number of nitrogens with one attached hydrogen (secondary N) is 1. The molecule has 0 bridgehead atoms. The largest absolute Gasteiger partial charge is 0.359 e. The molecule has 2 nitrogen and oxygen atoms in total. The minimum Gasteiger partial charge on any atom is -0.359 e. The molecule has 0 aliphatic carbocycles. The van der Waals surface area contributed by atoms with Crippen LogP contribution in [0.5, 0.6) is 0 Å². The van der Waals surface area contributed by atoms with E-state index in [4.69, 9.17) is 5.73 Å². The van der Waals surface area contributed by atoms with Crippen molar-refractivity contribution in [2.24, 2.45) is 5.73 Å². The zero-order valence-electron chi connectivity index (χ0n) is 8.67. The second-order valence-corrected chi connectivity index (χ2v) is 4.01. The van der Waals surface area contributed by atoms with Crippen molar-refractivity contribution < 1.29 is 0 Å². The number of aromatic amines is 1. The maximum absolute atomic E-state index is 5.81. The topological polar surface area (TPSA) is 41.8 Å². The number of benzene rings is 1. The Kier molecular flexibility index (Phi) is 2.30. The van der Waals surface area contributed by atoms with E-state index in [0.717, 1.165) is 6.42 Å². The summed E-state index contributed by atoms with van der Waals surface area (Å²) >= 11 is 0. The molecule has 0 amide bonds. The van der Waals surface area contributed by atoms with E-state index in [2.05, 4.69) is 36.2 Å². The molecule has 74 valence electrons. The molecule has 0 fully saturated rings. The highest BCUT2D eigenvalue weighted by Crippen LogP contribution is 2.20. The summed E-state index contributed by atoms with van der Waals surface area (Å²) in [5.74, 6) is 0. The molecular weight excluding hydrogens is 172 g/mol. The lowest BCUT2D eigenvalue weighted by molar-refractivity contribution is 0.742. The first-order chi connectivity index (χ1) is 6.66. The first kappa shape index (κ1) is 9.28. The van der Waals surface area contributed by atoms with Crippen LogP contribution in [0, 0.1) is 6.92 Å². The van der Waals surface area contributed by atoms with Crippen molar-refractivity contribution in [3.63, 3.8) is 0 Å². The van der Waals surface area contributed by atoms with Crippen molar-refractivity contribution in [2.75, 3.05) is 0 Å². The molecule has 2 heteroatoms. The molecule has 0 radical (unpaired) electrons. The lowest BCUT2D eigenvalue weighted by Gasteiger charge is -2.05. The summed E-state index contributed by atoms with van der Waals surface area (Å²) in [7, 11) is 0. The molecular formula is C12H16N2. The summed E-state index contributed by atoms with van der Waals surface area (Å²) in [5.41, 5.74) is 9.56. The number of aromatic nitrogens is 1. The zero-order valence-corrected chi connectivity index (χ0v) is 8.67. The van der Waals surface area contributed by atoms with E-state index in [0.29, 0.717) is 0 Å². The third-order valence-corrected chi connectivity index (χ3v) is 2.43. The maximum atomic E-state index is 5.81. The SMILES string of the molecule is Cc1cc2c(CC(C)N)cccc2[nH]1. The van der Waals surface area contributed by atoms with Crippen LogP contribution in [0.15, 0.2) is 24.3 Å². The van der Waals surface area contributed by atoms with Gasteiger partial charge in [0.25, 0.3) is 0 Å². The van der Waals surface area contributed by atoms with Gasteiger partial charge in [0.15, 0.2) is 0 Å². The van der Waals surface area contributed by atoms with Gasteiger partial charge in [0.05, 0.1) is 0 Å². The monoisotopic (exact) mass is 188 g/mol. The van der Waals surface area contributed by atoms with E-state index < -0.39 is 0 Å². The third kappa shape index (κ3) is 1.66. The number of hydrogen-bond donors (Lipinski definition) is 2. The van der Waals surface area contributed by atoms with E-state index in [1.807, 2.05) is 6.92 Å². The highest BCUT2D eigenvalue weighted by atomic mass is 14.7. The minimum atomic E-state index is 0.218. The van der Waals surface area contributed by atoms with Crippen LogP contribution in [-0.2, 0) is 6.42 Å². The van der Waals surface area contributed by atoms with E-state index in [1.165, 1.54) is 22.2 Å². The smallest absolute Gasteiger partial charge is 0.0458 e. The fraction of sp³-hybridized carbons (Fsp3) is 0.333. The third-order valence-electron chi connectivity index (χ3n) is 2.43. The highest BCUT2D eigenvalue weighted by Gasteiger charge is 2.04. The van der Waals surface area contributed by atoms with Gasteiger partial charge in [-0.25, -0.2) is 0 Å². The van der Waals surface area contributed by atoms with Crippen molar-refractivity contribution in [1.82, 2.24) is 4.98 Å². The molecule has 0 saturated carbocycles. The van der Waals surface area contributed by atoms with Gasteiger partial charge in [0, 0.05) is 22.6 Å². The Hall–Kier alpha value is -1.28. The predicted molar refractivity (Wildman–Crippen MR) is 60.4 cm³/mol. The molecule has 2 aromatic rings. The Morgan fingerprint density at radius 3 is 2.93 bits per heavy atom. The first-order valence-electron chi connectivity index (χ1n) is 4.99. The van der Waals surface area contributed by atoms with E-state index >= 15 is 0 Å². The molecule has 1 aromatic carbocycles. The van der Waals surface area contributed by atoms with Gasteiger partial charge < -0.3 is 10.7 Å². The van der Waals surface area contributed by atoms with Crippen LogP contribution in [-0.4, -0.2) is 11.0 Å². The van der Waals surface area contributed by atoms with Crippen molar-refractivity contribution >= 4 is 10.9 Å². The van der Waals surface area contributed by atoms with Crippen LogP contribution >= 0.6 is 0 Å². The van der Waals surface area contributed by atoms with Gasteiger partial charge >= 0.3 is 0 Å². The van der Waals surface area contributed by atoms with Crippen LogP contribution in [0.2, 0.25) is 0 Å². The van der Waals surface area contributed by atoms with E-state index in [9.17, 15) is 0 Å². The summed E-state index contributed by atoms with van der Waals surface area (Å²) in [6.07, 6.45) is 0.939. The molecule has 1 atom stereocenters. The number of hydrogen-bond acceptors (Lipinski definition) is 1. The van der Waals surface area contributed by atoms with Gasteiger partial charge in [0.1, 0.15) is 0 Å². The van der Waals surface area contributed by atoms with Crippen LogP contribution < -0.4 is 5.73 Å². The van der Waals surface area contributed by atoms with E-state index in [1.54, 1.807) is 0 Å². The normalized spacial score (nSPS) is 13.4. The molecule has 1 heterocycles. The van der Waals surface area contributed by atoms with Crippen molar-refractivity contribution in [3.8, 4) is 0 Å². The van der Waals surface area contributed by atoms with Gasteiger partial charge in [-0.2, -0.15) is 0 Å². The van der Waals surface area contributed by atoms with Gasteiger partial charge in [-0.3, -0.25) is 0 Å². The van der Waals surface area contributed by atoms with Gasteiger partial charge in [0.2, 0.25) is 0 Å². The molecule has 0 aliphatic rings. The second-order valence-electron chi connectivity index (χ2n) is 4.01. The number of nitrogens with two attached hydrogens (primary N) is 1. The van der Waals surface area contributed by atoms with Crippen molar-refractivity contribution in [2.45, 2.75) is 26.3 Å². The summed E-state index contributed by atoms with van der Waals surface area (Å²) < 4.78 is 0. The van der Waals surface area contributed by atoms with Gasteiger partial charge in [-0.15, -0.1) is 0 Å². The number of aryl methyl sites for hydroxylation is 1. The molecule has 0 saturated heterocycles. The Balaban J connectivity index is 2.53. The predicted octanol–water partition coefficient (Wildman–Crippen LogP) is 2.37.